The quantitative estimate of drug-likeness (QED) is 0.880. The molecule has 1 unspecified atom stereocenters. The molecule has 0 saturated carbocycles. The topological polar surface area (TPSA) is 38.5 Å². The molecule has 1 aromatic carbocycles. The number of rotatable bonds is 5. The first-order valence-corrected chi connectivity index (χ1v) is 6.12. The van der Waals surface area contributed by atoms with Crippen LogP contribution in [-0.2, 0) is 0 Å². The number of aryl methyl sites for hydroxylation is 1. The van der Waals surface area contributed by atoms with E-state index in [2.05, 4.69) is 11.8 Å². The average Bonchev–Trinajstić information content (AvgIpc) is 2.27. The van der Waals surface area contributed by atoms with Gasteiger partial charge in [0, 0.05) is 18.6 Å². The fourth-order valence-electron chi connectivity index (χ4n) is 1.90. The summed E-state index contributed by atoms with van der Waals surface area (Å²) >= 11 is 6.09. The van der Waals surface area contributed by atoms with Crippen molar-refractivity contribution in [3.8, 4) is 5.75 Å². The molecule has 0 amide bonds. The first-order chi connectivity index (χ1) is 7.99. The molecule has 0 aliphatic rings. The molecule has 0 aliphatic heterocycles. The van der Waals surface area contributed by atoms with Crippen molar-refractivity contribution in [1.29, 1.82) is 0 Å². The van der Waals surface area contributed by atoms with Crippen LogP contribution >= 0.6 is 11.6 Å². The highest BCUT2D eigenvalue weighted by Crippen LogP contribution is 2.34. The number of nitrogens with two attached hydrogens (primary N) is 1. The largest absolute Gasteiger partial charge is 0.494 e. The zero-order valence-corrected chi connectivity index (χ0v) is 11.7. The van der Waals surface area contributed by atoms with Gasteiger partial charge >= 0.3 is 0 Å². The maximum atomic E-state index is 6.09. The second-order valence-corrected chi connectivity index (χ2v) is 4.93. The van der Waals surface area contributed by atoms with E-state index in [9.17, 15) is 0 Å². The van der Waals surface area contributed by atoms with Crippen LogP contribution in [-0.4, -0.2) is 27.2 Å². The van der Waals surface area contributed by atoms with Gasteiger partial charge in [0.1, 0.15) is 5.75 Å². The van der Waals surface area contributed by atoms with Gasteiger partial charge in [0.2, 0.25) is 0 Å². The van der Waals surface area contributed by atoms with Gasteiger partial charge in [-0.05, 0) is 37.1 Å². The van der Waals surface area contributed by atoms with Crippen molar-refractivity contribution in [1.82, 2.24) is 0 Å². The number of benzene rings is 1. The van der Waals surface area contributed by atoms with E-state index in [0.29, 0.717) is 12.5 Å². The SMILES string of the molecule is COc1c(C)cc(Cl)cc1N(C)CC(C)CN. The van der Waals surface area contributed by atoms with Crippen LogP contribution in [0.25, 0.3) is 0 Å². The van der Waals surface area contributed by atoms with Gasteiger partial charge in [-0.2, -0.15) is 0 Å². The van der Waals surface area contributed by atoms with E-state index in [-0.39, 0.29) is 0 Å². The Labute approximate surface area is 109 Å². The molecule has 0 aromatic heterocycles. The maximum absolute atomic E-state index is 6.09. The zero-order valence-electron chi connectivity index (χ0n) is 11.0. The Morgan fingerprint density at radius 1 is 1.47 bits per heavy atom. The molecule has 0 saturated heterocycles. The van der Waals surface area contributed by atoms with Crippen LogP contribution in [0.15, 0.2) is 12.1 Å². The van der Waals surface area contributed by atoms with Gasteiger partial charge < -0.3 is 15.4 Å². The third-order valence-corrected chi connectivity index (χ3v) is 3.04. The molecule has 3 nitrogen and oxygen atoms in total. The van der Waals surface area contributed by atoms with Crippen molar-refractivity contribution in [2.24, 2.45) is 11.7 Å². The molecule has 0 aliphatic carbocycles. The summed E-state index contributed by atoms with van der Waals surface area (Å²) in [6.45, 7) is 5.67. The lowest BCUT2D eigenvalue weighted by Crippen LogP contribution is -2.28. The smallest absolute Gasteiger partial charge is 0.145 e. The molecular weight excluding hydrogens is 236 g/mol. The number of anilines is 1. The normalized spacial score (nSPS) is 12.4. The zero-order chi connectivity index (χ0) is 13.0. The molecule has 2 N–H and O–H groups in total. The van der Waals surface area contributed by atoms with E-state index < -0.39 is 0 Å². The fraction of sp³-hybridized carbons (Fsp3) is 0.538. The van der Waals surface area contributed by atoms with Gasteiger partial charge in [-0.3, -0.25) is 0 Å². The third-order valence-electron chi connectivity index (χ3n) is 2.82. The van der Waals surface area contributed by atoms with Crippen LogP contribution in [0.1, 0.15) is 12.5 Å². The third kappa shape index (κ3) is 3.51. The Kier molecular flexibility index (Phi) is 5.09. The summed E-state index contributed by atoms with van der Waals surface area (Å²) in [5.74, 6) is 1.31. The molecule has 1 rings (SSSR count). The summed E-state index contributed by atoms with van der Waals surface area (Å²) in [5, 5.41) is 0.727. The molecule has 1 aromatic rings. The summed E-state index contributed by atoms with van der Waals surface area (Å²) in [7, 11) is 3.71. The number of halogens is 1. The summed E-state index contributed by atoms with van der Waals surface area (Å²) in [6, 6.07) is 3.83. The van der Waals surface area contributed by atoms with Crippen LogP contribution in [0, 0.1) is 12.8 Å². The van der Waals surface area contributed by atoms with Gasteiger partial charge in [-0.1, -0.05) is 18.5 Å². The van der Waals surface area contributed by atoms with Crippen LogP contribution in [0.2, 0.25) is 5.02 Å². The molecule has 1 atom stereocenters. The number of methoxy groups -OCH3 is 1. The van der Waals surface area contributed by atoms with Crippen LogP contribution in [0.4, 0.5) is 5.69 Å². The minimum Gasteiger partial charge on any atom is -0.494 e. The van der Waals surface area contributed by atoms with Crippen molar-refractivity contribution in [2.45, 2.75) is 13.8 Å². The van der Waals surface area contributed by atoms with E-state index in [1.807, 2.05) is 26.1 Å². The predicted molar refractivity (Wildman–Crippen MR) is 74.2 cm³/mol. The minimum absolute atomic E-state index is 0.434. The first-order valence-electron chi connectivity index (χ1n) is 5.75. The fourth-order valence-corrected chi connectivity index (χ4v) is 2.17. The van der Waals surface area contributed by atoms with Crippen LogP contribution in [0.3, 0.4) is 0 Å². The molecule has 0 radical (unpaired) electrons. The van der Waals surface area contributed by atoms with Gasteiger partial charge in [-0.25, -0.2) is 0 Å². The van der Waals surface area contributed by atoms with Crippen molar-refractivity contribution in [3.63, 3.8) is 0 Å². The predicted octanol–water partition coefficient (Wildman–Crippen LogP) is 2.69. The van der Waals surface area contributed by atoms with E-state index in [0.717, 1.165) is 28.6 Å². The highest BCUT2D eigenvalue weighted by molar-refractivity contribution is 6.31. The summed E-state index contributed by atoms with van der Waals surface area (Å²) in [5.41, 5.74) is 7.70. The van der Waals surface area contributed by atoms with E-state index >= 15 is 0 Å². The van der Waals surface area contributed by atoms with E-state index in [1.54, 1.807) is 7.11 Å². The average molecular weight is 257 g/mol. The molecule has 0 heterocycles. The monoisotopic (exact) mass is 256 g/mol. The van der Waals surface area contributed by atoms with Gasteiger partial charge in [-0.15, -0.1) is 0 Å². The Morgan fingerprint density at radius 2 is 2.12 bits per heavy atom. The first kappa shape index (κ1) is 14.1. The number of hydrogen-bond donors (Lipinski definition) is 1. The minimum atomic E-state index is 0.434. The van der Waals surface area contributed by atoms with Crippen molar-refractivity contribution in [3.05, 3.63) is 22.7 Å². The molecule has 0 bridgehead atoms. The molecular formula is C13H21ClN2O. The van der Waals surface area contributed by atoms with Gasteiger partial charge in [0.15, 0.2) is 0 Å². The molecule has 17 heavy (non-hydrogen) atoms. The highest BCUT2D eigenvalue weighted by Gasteiger charge is 2.13. The Balaban J connectivity index is 3.02. The van der Waals surface area contributed by atoms with Crippen molar-refractivity contribution >= 4 is 17.3 Å². The van der Waals surface area contributed by atoms with Crippen molar-refractivity contribution < 1.29 is 4.74 Å². The lowest BCUT2D eigenvalue weighted by molar-refractivity contribution is 0.411. The van der Waals surface area contributed by atoms with E-state index in [4.69, 9.17) is 22.1 Å². The molecule has 96 valence electrons. The van der Waals surface area contributed by atoms with Crippen LogP contribution < -0.4 is 15.4 Å². The van der Waals surface area contributed by atoms with E-state index in [1.165, 1.54) is 0 Å². The lowest BCUT2D eigenvalue weighted by atomic mass is 10.1. The second kappa shape index (κ2) is 6.12. The summed E-state index contributed by atoms with van der Waals surface area (Å²) in [4.78, 5) is 2.13. The molecule has 0 spiro atoms. The van der Waals surface area contributed by atoms with Crippen molar-refractivity contribution in [2.75, 3.05) is 32.1 Å². The van der Waals surface area contributed by atoms with Crippen LogP contribution in [0.5, 0.6) is 5.75 Å². The van der Waals surface area contributed by atoms with Gasteiger partial charge in [0.25, 0.3) is 0 Å². The molecule has 4 heteroatoms. The van der Waals surface area contributed by atoms with Gasteiger partial charge in [0.05, 0.1) is 12.8 Å². The lowest BCUT2D eigenvalue weighted by Gasteiger charge is -2.25. The Bertz CT molecular complexity index is 382. The summed E-state index contributed by atoms with van der Waals surface area (Å²) < 4.78 is 5.44. The highest BCUT2D eigenvalue weighted by atomic mass is 35.5. The number of nitrogens with zero attached hydrogens (tertiary/aromatic N) is 1. The number of hydrogen-bond acceptors (Lipinski definition) is 3. The maximum Gasteiger partial charge on any atom is 0.145 e. The Hall–Kier alpha value is -0.930. The second-order valence-electron chi connectivity index (χ2n) is 4.50. The summed E-state index contributed by atoms with van der Waals surface area (Å²) in [6.07, 6.45) is 0. The number of ether oxygens (including phenoxy) is 1. The molecule has 0 fully saturated rings. The Morgan fingerprint density at radius 3 is 2.65 bits per heavy atom. The standard InChI is InChI=1S/C13H21ClN2O/c1-9(7-15)8-16(3)12-6-11(14)5-10(2)13(12)17-4/h5-6,9H,7-8,15H2,1-4H3.